The van der Waals surface area contributed by atoms with Gasteiger partial charge in [-0.05, 0) is 24.0 Å². The number of rotatable bonds is 0. The molecule has 0 aromatic heterocycles. The molecule has 0 unspecified atom stereocenters. The predicted molar refractivity (Wildman–Crippen MR) is 39.5 cm³/mol. The Balaban J connectivity index is 2.47. The molecule has 2 aliphatic rings. The fourth-order valence-corrected chi connectivity index (χ4v) is 2.00. The summed E-state index contributed by atoms with van der Waals surface area (Å²) in [5, 5.41) is 0. The number of allylic oxidation sites excluding steroid dienone is 2. The SMILES string of the molecule is C=C1C(=C)[C@@H]2CC[C@H]1C2=O. The second-order valence-electron chi connectivity index (χ2n) is 3.14. The van der Waals surface area contributed by atoms with Crippen LogP contribution in [-0.4, -0.2) is 5.78 Å². The second kappa shape index (κ2) is 1.60. The van der Waals surface area contributed by atoms with Gasteiger partial charge in [0.2, 0.25) is 0 Å². The maximum Gasteiger partial charge on any atom is 0.147 e. The Morgan fingerprint density at radius 3 is 1.70 bits per heavy atom. The minimum absolute atomic E-state index is 0.150. The molecular weight excluding hydrogens is 124 g/mol. The molecule has 1 heteroatoms. The minimum Gasteiger partial charge on any atom is -0.298 e. The van der Waals surface area contributed by atoms with Crippen LogP contribution < -0.4 is 0 Å². The highest BCUT2D eigenvalue weighted by Crippen LogP contribution is 2.47. The Morgan fingerprint density at radius 2 is 1.50 bits per heavy atom. The number of Topliss-reactive ketones (excluding diaryl/α,β-unsaturated/α-hetero) is 1. The average molecular weight is 134 g/mol. The molecule has 0 heterocycles. The fraction of sp³-hybridized carbons (Fsp3) is 0.444. The van der Waals surface area contributed by atoms with Gasteiger partial charge in [-0.25, -0.2) is 0 Å². The number of ketones is 1. The molecule has 10 heavy (non-hydrogen) atoms. The van der Waals surface area contributed by atoms with E-state index in [1.54, 1.807) is 0 Å². The smallest absolute Gasteiger partial charge is 0.147 e. The molecule has 2 bridgehead atoms. The van der Waals surface area contributed by atoms with Crippen LogP contribution in [0.5, 0.6) is 0 Å². The second-order valence-corrected chi connectivity index (χ2v) is 3.14. The molecule has 2 fully saturated rings. The van der Waals surface area contributed by atoms with Crippen molar-refractivity contribution >= 4 is 5.78 Å². The first-order chi connectivity index (χ1) is 4.72. The summed E-state index contributed by atoms with van der Waals surface area (Å²) < 4.78 is 0. The summed E-state index contributed by atoms with van der Waals surface area (Å²) in [6.07, 6.45) is 2.03. The molecule has 0 amide bonds. The molecule has 0 N–H and O–H groups in total. The van der Waals surface area contributed by atoms with Crippen molar-refractivity contribution in [3.63, 3.8) is 0 Å². The zero-order chi connectivity index (χ0) is 7.30. The summed E-state index contributed by atoms with van der Waals surface area (Å²) in [6, 6.07) is 0. The Hall–Kier alpha value is -0.850. The quantitative estimate of drug-likeness (QED) is 0.493. The average Bonchev–Trinajstić information content (AvgIpc) is 2.34. The summed E-state index contributed by atoms with van der Waals surface area (Å²) in [7, 11) is 0. The third-order valence-corrected chi connectivity index (χ3v) is 2.68. The highest BCUT2D eigenvalue weighted by molar-refractivity contribution is 5.96. The number of hydrogen-bond acceptors (Lipinski definition) is 1. The van der Waals surface area contributed by atoms with Gasteiger partial charge in [0.05, 0.1) is 0 Å². The zero-order valence-electron chi connectivity index (χ0n) is 5.89. The Labute approximate surface area is 60.4 Å². The van der Waals surface area contributed by atoms with Crippen LogP contribution in [0.2, 0.25) is 0 Å². The first-order valence-corrected chi connectivity index (χ1v) is 3.63. The van der Waals surface area contributed by atoms with Gasteiger partial charge >= 0.3 is 0 Å². The van der Waals surface area contributed by atoms with Gasteiger partial charge in [-0.15, -0.1) is 0 Å². The summed E-state index contributed by atoms with van der Waals surface area (Å²) in [6.45, 7) is 7.70. The summed E-state index contributed by atoms with van der Waals surface area (Å²) >= 11 is 0. The fourth-order valence-electron chi connectivity index (χ4n) is 2.00. The molecular formula is C9H10O. The van der Waals surface area contributed by atoms with Crippen LogP contribution in [0.4, 0.5) is 0 Å². The van der Waals surface area contributed by atoms with Gasteiger partial charge in [0.15, 0.2) is 0 Å². The van der Waals surface area contributed by atoms with Gasteiger partial charge in [0.1, 0.15) is 5.78 Å². The third kappa shape index (κ3) is 0.464. The summed E-state index contributed by atoms with van der Waals surface area (Å²) in [4.78, 5) is 11.3. The van der Waals surface area contributed by atoms with Crippen LogP contribution in [-0.2, 0) is 4.79 Å². The molecule has 0 saturated heterocycles. The lowest BCUT2D eigenvalue weighted by molar-refractivity contribution is -0.120. The van der Waals surface area contributed by atoms with Crippen molar-refractivity contribution in [3.8, 4) is 0 Å². The lowest BCUT2D eigenvalue weighted by Crippen LogP contribution is -2.02. The topological polar surface area (TPSA) is 17.1 Å². The molecule has 2 aliphatic carbocycles. The predicted octanol–water partition coefficient (Wildman–Crippen LogP) is 1.71. The third-order valence-electron chi connectivity index (χ3n) is 2.68. The van der Waals surface area contributed by atoms with Gasteiger partial charge in [-0.2, -0.15) is 0 Å². The number of fused-ring (bicyclic) bond motifs is 2. The van der Waals surface area contributed by atoms with E-state index < -0.39 is 0 Å². The maximum atomic E-state index is 11.3. The molecule has 52 valence electrons. The van der Waals surface area contributed by atoms with Crippen LogP contribution in [0.1, 0.15) is 12.8 Å². The number of hydrogen-bond donors (Lipinski definition) is 0. The molecule has 0 aliphatic heterocycles. The Kier molecular flexibility index (Phi) is 0.942. The molecule has 2 rings (SSSR count). The lowest BCUT2D eigenvalue weighted by Gasteiger charge is -2.11. The van der Waals surface area contributed by atoms with Crippen molar-refractivity contribution in [2.75, 3.05) is 0 Å². The highest BCUT2D eigenvalue weighted by Gasteiger charge is 2.45. The molecule has 0 aromatic carbocycles. The number of carbonyl (C=O) groups is 1. The highest BCUT2D eigenvalue weighted by atomic mass is 16.1. The van der Waals surface area contributed by atoms with Gasteiger partial charge in [-0.3, -0.25) is 4.79 Å². The van der Waals surface area contributed by atoms with Gasteiger partial charge in [-0.1, -0.05) is 13.2 Å². The minimum atomic E-state index is 0.150. The first kappa shape index (κ1) is 5.90. The van der Waals surface area contributed by atoms with E-state index in [1.165, 1.54) is 0 Å². The van der Waals surface area contributed by atoms with E-state index in [0.717, 1.165) is 24.0 Å². The van der Waals surface area contributed by atoms with E-state index in [-0.39, 0.29) is 11.8 Å². The first-order valence-electron chi connectivity index (χ1n) is 3.63. The summed E-state index contributed by atoms with van der Waals surface area (Å²) in [5.41, 5.74) is 2.00. The van der Waals surface area contributed by atoms with Crippen molar-refractivity contribution in [2.24, 2.45) is 11.8 Å². The van der Waals surface area contributed by atoms with Crippen molar-refractivity contribution < 1.29 is 4.79 Å². The monoisotopic (exact) mass is 134 g/mol. The van der Waals surface area contributed by atoms with E-state index in [2.05, 4.69) is 13.2 Å². The number of carbonyl (C=O) groups excluding carboxylic acids is 1. The van der Waals surface area contributed by atoms with E-state index >= 15 is 0 Å². The van der Waals surface area contributed by atoms with Crippen molar-refractivity contribution in [1.29, 1.82) is 0 Å². The molecule has 1 nitrogen and oxygen atoms in total. The van der Waals surface area contributed by atoms with Gasteiger partial charge in [0.25, 0.3) is 0 Å². The van der Waals surface area contributed by atoms with Crippen LogP contribution >= 0.6 is 0 Å². The zero-order valence-corrected chi connectivity index (χ0v) is 5.89. The van der Waals surface area contributed by atoms with Gasteiger partial charge in [0, 0.05) is 11.8 Å². The van der Waals surface area contributed by atoms with Gasteiger partial charge < -0.3 is 0 Å². The standard InChI is InChI=1S/C9H10O/c1-5-6(2)8-4-3-7(5)9(8)10/h7-8H,1-4H2/t7-,8+. The molecule has 0 spiro atoms. The molecule has 0 radical (unpaired) electrons. The van der Waals surface area contributed by atoms with E-state index in [4.69, 9.17) is 0 Å². The van der Waals surface area contributed by atoms with Crippen molar-refractivity contribution in [3.05, 3.63) is 24.3 Å². The van der Waals surface area contributed by atoms with Crippen LogP contribution in [0.25, 0.3) is 0 Å². The van der Waals surface area contributed by atoms with Crippen LogP contribution in [0.15, 0.2) is 24.3 Å². The van der Waals surface area contributed by atoms with E-state index in [1.807, 2.05) is 0 Å². The van der Waals surface area contributed by atoms with E-state index in [9.17, 15) is 4.79 Å². The maximum absolute atomic E-state index is 11.3. The van der Waals surface area contributed by atoms with E-state index in [0.29, 0.717) is 5.78 Å². The Morgan fingerprint density at radius 1 is 1.10 bits per heavy atom. The normalized spacial score (nSPS) is 37.8. The molecule has 2 saturated carbocycles. The van der Waals surface area contributed by atoms with Crippen molar-refractivity contribution in [2.45, 2.75) is 12.8 Å². The Bertz CT molecular complexity index is 213. The molecule has 0 aromatic rings. The molecule has 2 atom stereocenters. The van der Waals surface area contributed by atoms with Crippen LogP contribution in [0.3, 0.4) is 0 Å². The van der Waals surface area contributed by atoms with Crippen LogP contribution in [0, 0.1) is 11.8 Å². The largest absolute Gasteiger partial charge is 0.298 e. The van der Waals surface area contributed by atoms with Crippen molar-refractivity contribution in [1.82, 2.24) is 0 Å². The lowest BCUT2D eigenvalue weighted by atomic mass is 9.92. The summed E-state index contributed by atoms with van der Waals surface area (Å²) in [5.74, 6) is 0.671.